The van der Waals surface area contributed by atoms with Crippen LogP contribution in [0, 0.1) is 0 Å². The maximum Gasteiger partial charge on any atom is 0.417 e. The SMILES string of the molecule is CCc1ccccc1SSOC(N)=O. The molecule has 1 aromatic carbocycles. The van der Waals surface area contributed by atoms with Crippen LogP contribution in [0.25, 0.3) is 0 Å². The van der Waals surface area contributed by atoms with Crippen molar-refractivity contribution in [3.8, 4) is 0 Å². The lowest BCUT2D eigenvalue weighted by Crippen LogP contribution is -2.07. The minimum absolute atomic E-state index is 0.767. The van der Waals surface area contributed by atoms with Crippen LogP contribution in [0.5, 0.6) is 0 Å². The summed E-state index contributed by atoms with van der Waals surface area (Å²) in [7, 11) is 1.39. The van der Waals surface area contributed by atoms with Crippen molar-refractivity contribution in [2.24, 2.45) is 5.73 Å². The molecule has 0 aliphatic carbocycles. The van der Waals surface area contributed by atoms with E-state index in [2.05, 4.69) is 11.1 Å². The topological polar surface area (TPSA) is 52.3 Å². The number of primary amides is 1. The van der Waals surface area contributed by atoms with Crippen LogP contribution in [-0.2, 0) is 10.6 Å². The van der Waals surface area contributed by atoms with Crippen molar-refractivity contribution in [1.82, 2.24) is 0 Å². The Labute approximate surface area is 91.0 Å². The van der Waals surface area contributed by atoms with Gasteiger partial charge in [-0.15, -0.1) is 0 Å². The smallest absolute Gasteiger partial charge is 0.363 e. The predicted molar refractivity (Wildman–Crippen MR) is 59.9 cm³/mol. The van der Waals surface area contributed by atoms with Crippen molar-refractivity contribution < 1.29 is 8.98 Å². The molecule has 1 amide bonds. The molecule has 0 saturated carbocycles. The molecule has 0 bridgehead atoms. The number of carbonyl (C=O) groups excluding carboxylic acids is 1. The molecule has 0 radical (unpaired) electrons. The number of aryl methyl sites for hydroxylation is 1. The number of carbonyl (C=O) groups is 1. The molecule has 0 aliphatic heterocycles. The summed E-state index contributed by atoms with van der Waals surface area (Å²) in [6.07, 6.45) is 0.191. The lowest BCUT2D eigenvalue weighted by molar-refractivity contribution is 0.219. The second kappa shape index (κ2) is 5.82. The van der Waals surface area contributed by atoms with Crippen molar-refractivity contribution in [3.63, 3.8) is 0 Å². The molecule has 3 nitrogen and oxygen atoms in total. The van der Waals surface area contributed by atoms with Gasteiger partial charge in [-0.2, -0.15) is 0 Å². The summed E-state index contributed by atoms with van der Waals surface area (Å²) in [6, 6.07) is 7.98. The van der Waals surface area contributed by atoms with Crippen molar-refractivity contribution in [1.29, 1.82) is 0 Å². The fraction of sp³-hybridized carbons (Fsp3) is 0.222. The van der Waals surface area contributed by atoms with E-state index in [4.69, 9.17) is 5.73 Å². The van der Waals surface area contributed by atoms with E-state index in [1.165, 1.54) is 16.4 Å². The first-order valence-electron chi connectivity index (χ1n) is 4.12. The van der Waals surface area contributed by atoms with Gasteiger partial charge in [0.15, 0.2) is 0 Å². The van der Waals surface area contributed by atoms with Crippen molar-refractivity contribution in [3.05, 3.63) is 29.8 Å². The Balaban J connectivity index is 2.53. The van der Waals surface area contributed by atoms with E-state index >= 15 is 0 Å². The number of amides is 1. The number of rotatable bonds is 4. The first kappa shape index (κ1) is 11.3. The van der Waals surface area contributed by atoms with E-state index in [1.807, 2.05) is 24.3 Å². The van der Waals surface area contributed by atoms with Gasteiger partial charge in [0.25, 0.3) is 0 Å². The van der Waals surface area contributed by atoms with E-state index in [-0.39, 0.29) is 0 Å². The first-order valence-corrected chi connectivity index (χ1v) is 6.20. The van der Waals surface area contributed by atoms with Crippen molar-refractivity contribution in [2.75, 3.05) is 0 Å². The van der Waals surface area contributed by atoms with E-state index in [0.29, 0.717) is 0 Å². The summed E-state index contributed by atoms with van der Waals surface area (Å²) in [4.78, 5) is 11.4. The average molecular weight is 229 g/mol. The molecule has 0 fully saturated rings. The van der Waals surface area contributed by atoms with Gasteiger partial charge in [0.05, 0.1) is 0 Å². The maximum absolute atomic E-state index is 10.3. The average Bonchev–Trinajstić information content (AvgIpc) is 2.18. The highest BCUT2D eigenvalue weighted by Gasteiger charge is 2.02. The molecular weight excluding hydrogens is 218 g/mol. The van der Waals surface area contributed by atoms with Gasteiger partial charge in [-0.05, 0) is 28.8 Å². The van der Waals surface area contributed by atoms with Crippen LogP contribution in [0.2, 0.25) is 0 Å². The van der Waals surface area contributed by atoms with Crippen molar-refractivity contribution in [2.45, 2.75) is 18.2 Å². The van der Waals surface area contributed by atoms with Gasteiger partial charge < -0.3 is 9.92 Å². The number of nitrogens with two attached hydrogens (primary N) is 1. The zero-order valence-electron chi connectivity index (χ0n) is 7.73. The van der Waals surface area contributed by atoms with Crippen LogP contribution in [0.3, 0.4) is 0 Å². The molecule has 76 valence electrons. The Kier molecular flexibility index (Phi) is 4.69. The Morgan fingerprint density at radius 2 is 2.21 bits per heavy atom. The molecule has 0 unspecified atom stereocenters. The predicted octanol–water partition coefficient (Wildman–Crippen LogP) is 3.00. The summed E-state index contributed by atoms with van der Waals surface area (Å²) in [5, 5.41) is 0. The van der Waals surface area contributed by atoms with Gasteiger partial charge in [-0.1, -0.05) is 25.1 Å². The van der Waals surface area contributed by atoms with Gasteiger partial charge in [0, 0.05) is 4.90 Å². The summed E-state index contributed by atoms with van der Waals surface area (Å²) < 4.78 is 4.56. The van der Waals surface area contributed by atoms with Crippen LogP contribution < -0.4 is 5.73 Å². The zero-order valence-corrected chi connectivity index (χ0v) is 9.36. The third-order valence-electron chi connectivity index (χ3n) is 1.59. The molecule has 0 spiro atoms. The Morgan fingerprint density at radius 1 is 1.50 bits per heavy atom. The fourth-order valence-corrected chi connectivity index (χ4v) is 2.60. The maximum atomic E-state index is 10.3. The van der Waals surface area contributed by atoms with Crippen LogP contribution in [0.4, 0.5) is 4.79 Å². The van der Waals surface area contributed by atoms with Gasteiger partial charge in [0.2, 0.25) is 0 Å². The third kappa shape index (κ3) is 3.51. The normalized spacial score (nSPS) is 9.79. The van der Waals surface area contributed by atoms with E-state index in [0.717, 1.165) is 22.4 Å². The van der Waals surface area contributed by atoms with E-state index < -0.39 is 6.09 Å². The quantitative estimate of drug-likeness (QED) is 0.637. The summed E-state index contributed by atoms with van der Waals surface area (Å²) >= 11 is 0.986. The second-order valence-corrected chi connectivity index (χ2v) is 4.33. The minimum Gasteiger partial charge on any atom is -0.363 e. The van der Waals surface area contributed by atoms with Crippen LogP contribution in [0.15, 0.2) is 29.2 Å². The number of hydrogen-bond acceptors (Lipinski definition) is 4. The fourth-order valence-electron chi connectivity index (χ4n) is 0.964. The van der Waals surface area contributed by atoms with Gasteiger partial charge in [0.1, 0.15) is 11.1 Å². The minimum atomic E-state index is -0.767. The molecule has 0 aromatic heterocycles. The highest BCUT2D eigenvalue weighted by Crippen LogP contribution is 2.34. The Morgan fingerprint density at radius 3 is 2.86 bits per heavy atom. The number of benzene rings is 1. The lowest BCUT2D eigenvalue weighted by Gasteiger charge is -2.04. The van der Waals surface area contributed by atoms with Crippen LogP contribution in [-0.4, -0.2) is 6.09 Å². The van der Waals surface area contributed by atoms with Gasteiger partial charge >= 0.3 is 6.09 Å². The molecule has 0 atom stereocenters. The largest absolute Gasteiger partial charge is 0.417 e. The summed E-state index contributed by atoms with van der Waals surface area (Å²) in [5.74, 6) is 0. The molecule has 1 rings (SSSR count). The molecular formula is C9H11NO2S2. The van der Waals surface area contributed by atoms with E-state index in [9.17, 15) is 4.79 Å². The molecule has 1 aromatic rings. The van der Waals surface area contributed by atoms with Gasteiger partial charge in [-0.3, -0.25) is 0 Å². The molecule has 14 heavy (non-hydrogen) atoms. The summed E-state index contributed by atoms with van der Waals surface area (Å²) in [5.41, 5.74) is 6.07. The Hall–Kier alpha value is -0.810. The highest BCUT2D eigenvalue weighted by atomic mass is 33.1. The molecule has 0 saturated heterocycles. The molecule has 5 heteroatoms. The lowest BCUT2D eigenvalue weighted by atomic mass is 10.2. The first-order chi connectivity index (χ1) is 6.74. The van der Waals surface area contributed by atoms with Crippen molar-refractivity contribution >= 4 is 28.0 Å². The van der Waals surface area contributed by atoms with Crippen LogP contribution in [0.1, 0.15) is 12.5 Å². The highest BCUT2D eigenvalue weighted by molar-refractivity contribution is 8.75. The molecule has 0 aliphatic rings. The van der Waals surface area contributed by atoms with E-state index in [1.54, 1.807) is 0 Å². The number of hydrogen-bond donors (Lipinski definition) is 1. The second-order valence-electron chi connectivity index (χ2n) is 2.52. The summed E-state index contributed by atoms with van der Waals surface area (Å²) in [6.45, 7) is 2.08. The molecule has 2 N–H and O–H groups in total. The molecule has 0 heterocycles. The zero-order chi connectivity index (χ0) is 10.4. The van der Waals surface area contributed by atoms with Crippen LogP contribution >= 0.6 is 21.9 Å². The van der Waals surface area contributed by atoms with Gasteiger partial charge in [-0.25, -0.2) is 4.79 Å². The third-order valence-corrected chi connectivity index (χ3v) is 3.42. The Bertz CT molecular complexity index is 317. The standard InChI is InChI=1S/C9H11NO2S2/c1-2-7-5-3-4-6-8(7)13-14-12-9(10)11/h3-6H,2H2,1H3,(H2,10,11). The monoisotopic (exact) mass is 229 g/mol.